The van der Waals surface area contributed by atoms with Crippen LogP contribution in [0.3, 0.4) is 0 Å². The van der Waals surface area contributed by atoms with Gasteiger partial charge in [0.05, 0.1) is 23.4 Å². The number of halogens is 2. The quantitative estimate of drug-likeness (QED) is 0.165. The summed E-state index contributed by atoms with van der Waals surface area (Å²) < 4.78 is 2.10. The van der Waals surface area contributed by atoms with Crippen LogP contribution in [-0.2, 0) is 13.1 Å². The van der Waals surface area contributed by atoms with E-state index in [1.54, 1.807) is 0 Å². The number of carbonyl (C=O) groups is 1. The van der Waals surface area contributed by atoms with Gasteiger partial charge in [-0.15, -0.1) is 0 Å². The zero-order valence-corrected chi connectivity index (χ0v) is 27.4. The number of nitrogens with zero attached hydrogens (tertiary/aromatic N) is 5. The third-order valence-corrected chi connectivity index (χ3v) is 9.15. The van der Waals surface area contributed by atoms with E-state index in [1.807, 2.05) is 97.5 Å². The fourth-order valence-corrected chi connectivity index (χ4v) is 6.55. The van der Waals surface area contributed by atoms with Crippen LogP contribution in [0.25, 0.3) is 33.4 Å². The third-order valence-electron chi connectivity index (χ3n) is 8.67. The van der Waals surface area contributed by atoms with Gasteiger partial charge in [0.2, 0.25) is 0 Å². The molecule has 1 saturated heterocycles. The highest BCUT2D eigenvalue weighted by Crippen LogP contribution is 2.39. The average molecular weight is 665 g/mol. The van der Waals surface area contributed by atoms with E-state index in [4.69, 9.17) is 28.2 Å². The van der Waals surface area contributed by atoms with Crippen molar-refractivity contribution >= 4 is 40.0 Å². The molecular formula is C37H35Cl2N7O. The Balaban J connectivity index is 1.15. The first-order chi connectivity index (χ1) is 23.0. The van der Waals surface area contributed by atoms with E-state index in [1.165, 1.54) is 0 Å². The molecule has 1 fully saturated rings. The van der Waals surface area contributed by atoms with Gasteiger partial charge in [-0.05, 0) is 42.0 Å². The molecule has 1 aliphatic heterocycles. The Bertz CT molecular complexity index is 1970. The number of aromatic nitrogens is 4. The molecule has 3 aromatic heterocycles. The van der Waals surface area contributed by atoms with E-state index in [0.29, 0.717) is 28.8 Å². The first kappa shape index (κ1) is 31.1. The van der Waals surface area contributed by atoms with Gasteiger partial charge in [-0.2, -0.15) is 0 Å². The lowest BCUT2D eigenvalue weighted by atomic mass is 10.0. The van der Waals surface area contributed by atoms with Crippen LogP contribution in [0.15, 0.2) is 104 Å². The maximum absolute atomic E-state index is 14.0. The number of fused-ring (bicyclic) bond motifs is 1. The van der Waals surface area contributed by atoms with Crippen LogP contribution in [0, 0.1) is 0 Å². The molecule has 8 nitrogen and oxygen atoms in total. The molecule has 0 radical (unpaired) electrons. The number of nitrogens with one attached hydrogen (secondary N) is 2. The molecule has 6 aromatic rings. The van der Waals surface area contributed by atoms with Gasteiger partial charge < -0.3 is 14.9 Å². The smallest absolute Gasteiger partial charge is 0.268 e. The Morgan fingerprint density at radius 2 is 1.55 bits per heavy atom. The standard InChI is InChI=1S/C37H35Cl2N7O/c38-28-11-9-26(10-12-28)23-46-25-42-34(27-6-2-1-3-7-27)36(46)33-31-14-13-29(39)22-32(31)43-35(33)37(47)41-16-17-44-18-20-45(21-19-44)24-30-8-4-5-15-40-30/h1-15,22,25,43H,16-21,23-24H2,(H,41,47). The molecule has 3 aromatic carbocycles. The lowest BCUT2D eigenvalue weighted by molar-refractivity contribution is 0.0930. The van der Waals surface area contributed by atoms with Crippen molar-refractivity contribution in [2.75, 3.05) is 39.3 Å². The number of amides is 1. The molecule has 0 bridgehead atoms. The molecule has 2 N–H and O–H groups in total. The molecular weight excluding hydrogens is 629 g/mol. The highest BCUT2D eigenvalue weighted by molar-refractivity contribution is 6.31. The van der Waals surface area contributed by atoms with Crippen molar-refractivity contribution in [2.24, 2.45) is 0 Å². The van der Waals surface area contributed by atoms with Gasteiger partial charge in [0, 0.05) is 90.6 Å². The summed E-state index contributed by atoms with van der Waals surface area (Å²) in [5.74, 6) is -0.167. The van der Waals surface area contributed by atoms with Crippen LogP contribution < -0.4 is 5.32 Å². The van der Waals surface area contributed by atoms with Gasteiger partial charge in [0.15, 0.2) is 0 Å². The summed E-state index contributed by atoms with van der Waals surface area (Å²) in [6.07, 6.45) is 3.69. The molecule has 0 aliphatic carbocycles. The molecule has 1 amide bonds. The summed E-state index contributed by atoms with van der Waals surface area (Å²) in [6, 6.07) is 29.6. The molecule has 47 heavy (non-hydrogen) atoms. The number of rotatable bonds is 10. The van der Waals surface area contributed by atoms with Crippen molar-refractivity contribution in [1.82, 2.24) is 34.6 Å². The second-order valence-corrected chi connectivity index (χ2v) is 12.7. The fourth-order valence-electron chi connectivity index (χ4n) is 6.25. The maximum Gasteiger partial charge on any atom is 0.268 e. The molecule has 0 atom stereocenters. The zero-order chi connectivity index (χ0) is 32.2. The first-order valence-corrected chi connectivity index (χ1v) is 16.6. The summed E-state index contributed by atoms with van der Waals surface area (Å²) in [5.41, 5.74) is 6.85. The highest BCUT2D eigenvalue weighted by Gasteiger charge is 2.26. The molecule has 7 rings (SSSR count). The summed E-state index contributed by atoms with van der Waals surface area (Å²) in [6.45, 7) is 6.55. The molecule has 1 aliphatic rings. The second kappa shape index (κ2) is 14.1. The SMILES string of the molecule is O=C(NCCN1CCN(Cc2ccccn2)CC1)c1[nH]c2cc(Cl)ccc2c1-c1c(-c2ccccc2)ncn1Cc1ccc(Cl)cc1. The van der Waals surface area contributed by atoms with Gasteiger partial charge in [-0.3, -0.25) is 19.6 Å². The second-order valence-electron chi connectivity index (χ2n) is 11.8. The average Bonchev–Trinajstić information content (AvgIpc) is 3.68. The van der Waals surface area contributed by atoms with Crippen LogP contribution >= 0.6 is 23.2 Å². The van der Waals surface area contributed by atoms with E-state index >= 15 is 0 Å². The zero-order valence-electron chi connectivity index (χ0n) is 25.9. The monoisotopic (exact) mass is 663 g/mol. The largest absolute Gasteiger partial charge is 0.350 e. The molecule has 0 spiro atoms. The number of H-pyrrole nitrogens is 1. The topological polar surface area (TPSA) is 82.1 Å². The van der Waals surface area contributed by atoms with E-state index in [9.17, 15) is 4.79 Å². The number of piperazine rings is 1. The predicted octanol–water partition coefficient (Wildman–Crippen LogP) is 7.00. The third kappa shape index (κ3) is 7.11. The summed E-state index contributed by atoms with van der Waals surface area (Å²) in [4.78, 5) is 31.6. The first-order valence-electron chi connectivity index (χ1n) is 15.8. The van der Waals surface area contributed by atoms with Gasteiger partial charge in [-0.25, -0.2) is 4.98 Å². The van der Waals surface area contributed by atoms with Crippen molar-refractivity contribution in [1.29, 1.82) is 0 Å². The van der Waals surface area contributed by atoms with Crippen LogP contribution in [0.5, 0.6) is 0 Å². The fraction of sp³-hybridized carbons (Fsp3) is 0.216. The number of hydrogen-bond acceptors (Lipinski definition) is 5. The Hall–Kier alpha value is -4.47. The number of pyridine rings is 1. The number of carbonyl (C=O) groups excluding carboxylic acids is 1. The Labute approximate surface area is 284 Å². The van der Waals surface area contributed by atoms with Gasteiger partial charge >= 0.3 is 0 Å². The Morgan fingerprint density at radius 1 is 0.809 bits per heavy atom. The van der Waals surface area contributed by atoms with E-state index < -0.39 is 0 Å². The van der Waals surface area contributed by atoms with Gasteiger partial charge in [0.25, 0.3) is 5.91 Å². The molecule has 0 unspecified atom stereocenters. The van der Waals surface area contributed by atoms with Crippen molar-refractivity contribution in [3.05, 3.63) is 131 Å². The van der Waals surface area contributed by atoms with Crippen molar-refractivity contribution in [3.63, 3.8) is 0 Å². The lowest BCUT2D eigenvalue weighted by Gasteiger charge is -2.34. The predicted molar refractivity (Wildman–Crippen MR) is 189 cm³/mol. The number of imidazole rings is 1. The molecule has 4 heterocycles. The van der Waals surface area contributed by atoms with Crippen LogP contribution in [0.4, 0.5) is 0 Å². The van der Waals surface area contributed by atoms with Crippen molar-refractivity contribution < 1.29 is 4.79 Å². The molecule has 0 saturated carbocycles. The molecule has 238 valence electrons. The summed E-state index contributed by atoms with van der Waals surface area (Å²) >= 11 is 12.6. The summed E-state index contributed by atoms with van der Waals surface area (Å²) in [7, 11) is 0. The maximum atomic E-state index is 14.0. The number of aromatic amines is 1. The van der Waals surface area contributed by atoms with Crippen LogP contribution in [0.1, 0.15) is 21.7 Å². The molecule has 10 heteroatoms. The number of hydrogen-bond donors (Lipinski definition) is 2. The van der Waals surface area contributed by atoms with Crippen LogP contribution in [0.2, 0.25) is 10.0 Å². The minimum atomic E-state index is -0.167. The minimum Gasteiger partial charge on any atom is -0.350 e. The Morgan fingerprint density at radius 3 is 2.32 bits per heavy atom. The van der Waals surface area contributed by atoms with Crippen molar-refractivity contribution in [2.45, 2.75) is 13.1 Å². The Kier molecular flexibility index (Phi) is 9.35. The van der Waals surface area contributed by atoms with Gasteiger partial charge in [-0.1, -0.05) is 77.8 Å². The van der Waals surface area contributed by atoms with Crippen molar-refractivity contribution in [3.8, 4) is 22.5 Å². The lowest BCUT2D eigenvalue weighted by Crippen LogP contribution is -2.48. The minimum absolute atomic E-state index is 0.167. The summed E-state index contributed by atoms with van der Waals surface area (Å²) in [5, 5.41) is 5.38. The van der Waals surface area contributed by atoms with E-state index in [2.05, 4.69) is 35.7 Å². The van der Waals surface area contributed by atoms with E-state index in [0.717, 1.165) is 83.9 Å². The normalized spacial score (nSPS) is 14.1. The van der Waals surface area contributed by atoms with Crippen LogP contribution in [-0.4, -0.2) is 74.5 Å². The highest BCUT2D eigenvalue weighted by atomic mass is 35.5. The number of benzene rings is 3. The van der Waals surface area contributed by atoms with E-state index in [-0.39, 0.29) is 5.91 Å². The van der Waals surface area contributed by atoms with Gasteiger partial charge in [0.1, 0.15) is 5.69 Å².